The van der Waals surface area contributed by atoms with Gasteiger partial charge in [0.25, 0.3) is 5.91 Å². The maximum atomic E-state index is 13.3. The molecule has 0 saturated carbocycles. The van der Waals surface area contributed by atoms with Crippen molar-refractivity contribution in [1.29, 1.82) is 0 Å². The smallest absolute Gasteiger partial charge is 0.261 e. The van der Waals surface area contributed by atoms with Crippen LogP contribution in [-0.2, 0) is 21.5 Å². The number of ether oxygens (including phenoxy) is 1. The van der Waals surface area contributed by atoms with Crippen LogP contribution in [0.4, 0.5) is 4.39 Å². The zero-order valence-electron chi connectivity index (χ0n) is 19.9. The number of halogens is 1. The van der Waals surface area contributed by atoms with Crippen molar-refractivity contribution in [3.8, 4) is 5.75 Å². The van der Waals surface area contributed by atoms with Gasteiger partial charge in [0.15, 0.2) is 6.61 Å². The number of nitrogens with zero attached hydrogens (tertiary/aromatic N) is 1. The molecule has 0 spiro atoms. The highest BCUT2D eigenvalue weighted by atomic mass is 19.1. The summed E-state index contributed by atoms with van der Waals surface area (Å²) in [5.41, 5.74) is 1.59. The number of carbonyl (C=O) groups excluding carboxylic acids is 2. The second-order valence-electron chi connectivity index (χ2n) is 9.18. The Morgan fingerprint density at radius 2 is 1.69 bits per heavy atom. The van der Waals surface area contributed by atoms with Crippen LogP contribution in [0.3, 0.4) is 0 Å². The third-order valence-corrected chi connectivity index (χ3v) is 5.48. The minimum absolute atomic E-state index is 0.00244. The first-order valence-corrected chi connectivity index (χ1v) is 11.1. The summed E-state index contributed by atoms with van der Waals surface area (Å²) in [4.78, 5) is 27.4. The van der Waals surface area contributed by atoms with Crippen molar-refractivity contribution in [3.05, 3.63) is 65.5 Å². The lowest BCUT2D eigenvalue weighted by atomic mass is 9.86. The molecule has 0 aliphatic heterocycles. The first kappa shape index (κ1) is 25.4. The van der Waals surface area contributed by atoms with E-state index >= 15 is 0 Å². The maximum Gasteiger partial charge on any atom is 0.261 e. The van der Waals surface area contributed by atoms with E-state index in [0.717, 1.165) is 17.5 Å². The Morgan fingerprint density at radius 1 is 1.06 bits per heavy atom. The van der Waals surface area contributed by atoms with Gasteiger partial charge in [-0.3, -0.25) is 9.59 Å². The van der Waals surface area contributed by atoms with Crippen LogP contribution in [0.25, 0.3) is 0 Å². The van der Waals surface area contributed by atoms with Crippen LogP contribution in [0.1, 0.15) is 59.1 Å². The van der Waals surface area contributed by atoms with Gasteiger partial charge in [0.05, 0.1) is 0 Å². The van der Waals surface area contributed by atoms with Crippen LogP contribution in [0.15, 0.2) is 48.5 Å². The Kier molecular flexibility index (Phi) is 8.81. The number of hydrogen-bond acceptors (Lipinski definition) is 3. The molecule has 32 heavy (non-hydrogen) atoms. The van der Waals surface area contributed by atoms with Crippen molar-refractivity contribution in [2.45, 2.75) is 72.0 Å². The van der Waals surface area contributed by atoms with Crippen molar-refractivity contribution in [2.75, 3.05) is 6.61 Å². The summed E-state index contributed by atoms with van der Waals surface area (Å²) in [6, 6.07) is 12.9. The summed E-state index contributed by atoms with van der Waals surface area (Å²) >= 11 is 0. The molecular weight excluding hydrogens is 407 g/mol. The van der Waals surface area contributed by atoms with Crippen LogP contribution in [0.2, 0.25) is 0 Å². The number of nitrogens with one attached hydrogen (secondary N) is 1. The summed E-state index contributed by atoms with van der Waals surface area (Å²) in [5.74, 6) is -0.252. The van der Waals surface area contributed by atoms with Crippen molar-refractivity contribution >= 4 is 11.8 Å². The van der Waals surface area contributed by atoms with Gasteiger partial charge in [0.1, 0.15) is 17.6 Å². The summed E-state index contributed by atoms with van der Waals surface area (Å²) < 4.78 is 19.2. The average molecular weight is 443 g/mol. The topological polar surface area (TPSA) is 58.6 Å². The van der Waals surface area contributed by atoms with Gasteiger partial charge in [0, 0.05) is 12.6 Å². The molecule has 2 aromatic carbocycles. The van der Waals surface area contributed by atoms with E-state index < -0.39 is 6.04 Å². The van der Waals surface area contributed by atoms with E-state index in [9.17, 15) is 14.0 Å². The Morgan fingerprint density at radius 3 is 2.28 bits per heavy atom. The van der Waals surface area contributed by atoms with Gasteiger partial charge in [-0.05, 0) is 55.0 Å². The van der Waals surface area contributed by atoms with Crippen molar-refractivity contribution in [3.63, 3.8) is 0 Å². The molecule has 2 aromatic rings. The molecular formula is C26H35FN2O3. The summed E-state index contributed by atoms with van der Waals surface area (Å²) in [6.45, 7) is 11.8. The first-order valence-electron chi connectivity index (χ1n) is 11.1. The monoisotopic (exact) mass is 442 g/mol. The van der Waals surface area contributed by atoms with E-state index in [1.54, 1.807) is 19.1 Å². The molecule has 0 fully saturated rings. The van der Waals surface area contributed by atoms with Crippen molar-refractivity contribution in [1.82, 2.24) is 10.2 Å². The van der Waals surface area contributed by atoms with E-state index in [-0.39, 0.29) is 42.2 Å². The Labute approximate surface area is 191 Å². The van der Waals surface area contributed by atoms with Gasteiger partial charge < -0.3 is 15.0 Å². The second kappa shape index (κ2) is 11.1. The molecule has 2 amide bonds. The predicted molar refractivity (Wildman–Crippen MR) is 125 cm³/mol. The highest BCUT2D eigenvalue weighted by molar-refractivity contribution is 5.88. The molecule has 5 nitrogen and oxygen atoms in total. The van der Waals surface area contributed by atoms with Crippen LogP contribution >= 0.6 is 0 Å². The van der Waals surface area contributed by atoms with Crippen LogP contribution in [-0.4, -0.2) is 35.4 Å². The van der Waals surface area contributed by atoms with E-state index in [2.05, 4.69) is 26.1 Å². The number of para-hydroxylation sites is 1. The average Bonchev–Trinajstić information content (AvgIpc) is 2.76. The molecule has 174 valence electrons. The molecule has 0 bridgehead atoms. The third-order valence-electron chi connectivity index (χ3n) is 5.48. The van der Waals surface area contributed by atoms with Crippen LogP contribution in [0.5, 0.6) is 5.75 Å². The molecule has 0 saturated heterocycles. The third kappa shape index (κ3) is 7.08. The second-order valence-corrected chi connectivity index (χ2v) is 9.18. The fraction of sp³-hybridized carbons (Fsp3) is 0.462. The quantitative estimate of drug-likeness (QED) is 0.605. The molecule has 0 aromatic heterocycles. The van der Waals surface area contributed by atoms with E-state index in [1.165, 1.54) is 17.0 Å². The molecule has 0 aliphatic carbocycles. The predicted octanol–water partition coefficient (Wildman–Crippen LogP) is 4.83. The molecule has 0 heterocycles. The van der Waals surface area contributed by atoms with E-state index in [1.807, 2.05) is 38.1 Å². The van der Waals surface area contributed by atoms with Gasteiger partial charge in [-0.1, -0.05) is 58.0 Å². The van der Waals surface area contributed by atoms with Gasteiger partial charge in [0.2, 0.25) is 5.91 Å². The van der Waals surface area contributed by atoms with Crippen LogP contribution in [0, 0.1) is 5.82 Å². The maximum absolute atomic E-state index is 13.3. The fourth-order valence-electron chi connectivity index (χ4n) is 3.27. The van der Waals surface area contributed by atoms with Gasteiger partial charge in [-0.15, -0.1) is 0 Å². The number of carbonyl (C=O) groups is 2. The molecule has 0 aliphatic rings. The zero-order valence-corrected chi connectivity index (χ0v) is 19.9. The lowest BCUT2D eigenvalue weighted by Crippen LogP contribution is -2.50. The van der Waals surface area contributed by atoms with E-state index in [4.69, 9.17) is 4.74 Å². The molecule has 0 unspecified atom stereocenters. The van der Waals surface area contributed by atoms with Crippen molar-refractivity contribution in [2.24, 2.45) is 0 Å². The minimum atomic E-state index is -0.706. The fourth-order valence-corrected chi connectivity index (χ4v) is 3.27. The first-order chi connectivity index (χ1) is 15.0. The lowest BCUT2D eigenvalue weighted by Gasteiger charge is -2.30. The zero-order chi connectivity index (χ0) is 23.9. The summed E-state index contributed by atoms with van der Waals surface area (Å²) in [7, 11) is 0. The van der Waals surface area contributed by atoms with Gasteiger partial charge >= 0.3 is 0 Å². The molecule has 1 N–H and O–H groups in total. The largest absolute Gasteiger partial charge is 0.483 e. The minimum Gasteiger partial charge on any atom is -0.483 e. The molecule has 0 radical (unpaired) electrons. The van der Waals surface area contributed by atoms with Crippen LogP contribution < -0.4 is 10.1 Å². The Balaban J connectivity index is 2.21. The number of hydrogen-bond donors (Lipinski definition) is 1. The highest BCUT2D eigenvalue weighted by Gasteiger charge is 2.28. The number of benzene rings is 2. The molecule has 2 atom stereocenters. The van der Waals surface area contributed by atoms with Gasteiger partial charge in [-0.2, -0.15) is 0 Å². The SMILES string of the molecule is CC[C@H](C)NC(=O)[C@@H](C)N(Cc1ccc(F)cc1)C(=O)COc1ccccc1C(C)(C)C. The Hall–Kier alpha value is -2.89. The van der Waals surface area contributed by atoms with Gasteiger partial charge in [-0.25, -0.2) is 4.39 Å². The lowest BCUT2D eigenvalue weighted by molar-refractivity contribution is -0.142. The Bertz CT molecular complexity index is 906. The molecule has 6 heteroatoms. The normalized spacial score (nSPS) is 13.2. The summed E-state index contributed by atoms with van der Waals surface area (Å²) in [6.07, 6.45) is 0.789. The standard InChI is InChI=1S/C26H35FN2O3/c1-7-18(2)28-25(31)19(3)29(16-20-12-14-21(27)15-13-20)24(30)17-32-23-11-9-8-10-22(23)26(4,5)6/h8-15,18-19H,7,16-17H2,1-6H3,(H,28,31)/t18-,19+/m0/s1. The summed E-state index contributed by atoms with van der Waals surface area (Å²) in [5, 5.41) is 2.93. The molecule has 2 rings (SSSR count). The highest BCUT2D eigenvalue weighted by Crippen LogP contribution is 2.31. The van der Waals surface area contributed by atoms with E-state index in [0.29, 0.717) is 5.75 Å². The number of amides is 2. The van der Waals surface area contributed by atoms with Crippen molar-refractivity contribution < 1.29 is 18.7 Å². The number of rotatable bonds is 9.